The van der Waals surface area contributed by atoms with E-state index in [0.29, 0.717) is 32.2 Å². The summed E-state index contributed by atoms with van der Waals surface area (Å²) in [4.78, 5) is 66.0. The van der Waals surface area contributed by atoms with Crippen molar-refractivity contribution in [3.8, 4) is 17.2 Å². The molecule has 15 aromatic rings. The third-order valence-electron chi connectivity index (χ3n) is 18.6. The zero-order valence-corrected chi connectivity index (χ0v) is 75.7. The number of carbonyl (C=O) groups excluding carboxylic acids is 5. The molecule has 0 spiro atoms. The summed E-state index contributed by atoms with van der Waals surface area (Å²) in [5, 5.41) is 79.6. The number of aliphatic hydroxyl groups excluding tert-OH is 5. The number of alkyl halides is 6. The van der Waals surface area contributed by atoms with E-state index in [9.17, 15) is 95.6 Å². The van der Waals surface area contributed by atoms with Crippen LogP contribution in [0.1, 0.15) is 236 Å². The van der Waals surface area contributed by atoms with Crippen LogP contribution in [0.4, 0.5) is 30.7 Å². The molecule has 644 valence electrons. The van der Waals surface area contributed by atoms with E-state index in [2.05, 4.69) is 70.4 Å². The minimum Gasteiger partial charge on any atom is -0.508 e. The average molecular weight is 2180 g/mol. The molecule has 124 heavy (non-hydrogen) atoms. The van der Waals surface area contributed by atoms with Crippen molar-refractivity contribution < 1.29 is 141 Å². The van der Waals surface area contributed by atoms with Gasteiger partial charge in [-0.15, -0.1) is 0 Å². The van der Waals surface area contributed by atoms with Crippen LogP contribution >= 0.6 is 116 Å². The molecular formula is C92H70Br3Cl2F7I2O18. The number of phenols is 3. The molecule has 5 aromatic heterocycles. The van der Waals surface area contributed by atoms with Crippen molar-refractivity contribution in [2.75, 3.05) is 0 Å². The first-order chi connectivity index (χ1) is 65.2. The number of phenolic OH excluding ortho intramolecular Hbond substituents is 3. The summed E-state index contributed by atoms with van der Waals surface area (Å²) in [6.45, 7) is 14.2. The molecule has 0 aliphatic heterocycles. The maximum Gasteiger partial charge on any atom is 0.416 e. The monoisotopic (exact) mass is 2170 g/mol. The number of halogens is 14. The lowest BCUT2D eigenvalue weighted by atomic mass is 9.95. The fraction of sp³-hybridized carbons (Fsp3) is 0.185. The number of aromatic hydroxyl groups is 3. The summed E-state index contributed by atoms with van der Waals surface area (Å²) in [6.07, 6.45) is -15.9. The third kappa shape index (κ3) is 20.1. The molecule has 8 N–H and O–H groups in total. The summed E-state index contributed by atoms with van der Waals surface area (Å²) < 4.78 is 259. The number of fused-ring (bicyclic) bond motifs is 5. The van der Waals surface area contributed by atoms with Crippen LogP contribution in [0.3, 0.4) is 0 Å². The Kier molecular flexibility index (Phi) is 22.8. The summed E-state index contributed by atoms with van der Waals surface area (Å²) in [5.41, 5.74) is -3.45. The van der Waals surface area contributed by atoms with Crippen LogP contribution in [0.5, 0.6) is 17.2 Å². The van der Waals surface area contributed by atoms with Crippen molar-refractivity contribution in [2.45, 2.75) is 112 Å². The van der Waals surface area contributed by atoms with E-state index in [1.54, 1.807) is 12.1 Å². The zero-order chi connectivity index (χ0) is 106. The van der Waals surface area contributed by atoms with Gasteiger partial charge in [-0.25, -0.2) is 4.39 Å². The van der Waals surface area contributed by atoms with Gasteiger partial charge < -0.3 is 62.9 Å². The van der Waals surface area contributed by atoms with Crippen molar-refractivity contribution in [3.05, 3.63) is 323 Å². The van der Waals surface area contributed by atoms with E-state index >= 15 is 0 Å². The van der Waals surface area contributed by atoms with Gasteiger partial charge in [-0.1, -0.05) is 107 Å². The highest BCUT2D eigenvalue weighted by Gasteiger charge is 2.38. The average Bonchev–Trinajstić information content (AvgIpc) is 1.62. The molecule has 18 nitrogen and oxygen atoms in total. The van der Waals surface area contributed by atoms with Crippen LogP contribution in [-0.4, -0.2) is 69.8 Å². The number of benzene rings is 10. The molecule has 0 saturated carbocycles. The zero-order valence-electron chi connectivity index (χ0n) is 82.1. The molecule has 5 heterocycles. The van der Waals surface area contributed by atoms with Crippen LogP contribution in [0.25, 0.3) is 54.8 Å². The van der Waals surface area contributed by atoms with E-state index in [1.165, 1.54) is 85.7 Å². The van der Waals surface area contributed by atoms with Crippen molar-refractivity contribution in [1.29, 1.82) is 0 Å². The molecule has 0 aliphatic rings. The van der Waals surface area contributed by atoms with Gasteiger partial charge in [-0.05, 0) is 251 Å². The summed E-state index contributed by atoms with van der Waals surface area (Å²) >= 11 is 25.7. The minimum atomic E-state index is -4.73. The predicted molar refractivity (Wildman–Crippen MR) is 481 cm³/mol. The largest absolute Gasteiger partial charge is 0.508 e. The van der Waals surface area contributed by atoms with Crippen LogP contribution in [0.2, 0.25) is 10.0 Å². The lowest BCUT2D eigenvalue weighted by molar-refractivity contribution is -0.138. The van der Waals surface area contributed by atoms with Crippen molar-refractivity contribution in [1.82, 2.24) is 0 Å². The second-order valence-corrected chi connectivity index (χ2v) is 33.1. The third-order valence-corrected chi connectivity index (χ3v) is 24.1. The van der Waals surface area contributed by atoms with E-state index in [0.717, 1.165) is 24.3 Å². The maximum atomic E-state index is 14.1. The molecule has 0 fully saturated rings. The normalized spacial score (nSPS) is 14.7. The summed E-state index contributed by atoms with van der Waals surface area (Å²) in [6, 6.07) is 2.87. The molecule has 32 heteroatoms. The number of hydrogen-bond donors (Lipinski definition) is 8. The molecule has 0 amide bonds. The van der Waals surface area contributed by atoms with E-state index < -0.39 is 231 Å². The fourth-order valence-corrected chi connectivity index (χ4v) is 15.6. The molecule has 0 saturated heterocycles. The molecule has 5 atom stereocenters. The number of ketones is 5. The number of hydrogen-bond acceptors (Lipinski definition) is 18. The lowest BCUT2D eigenvalue weighted by Gasteiger charge is -2.14. The Hall–Kier alpha value is -9.56. The minimum absolute atomic E-state index is 0.0261. The SMILES string of the molecule is [2H]c1c(O)c([2H])c2oc(C(C)O)c(C(=O)c3cc(Br)c(C)c(C(F)(F)F)c3)c2c1[2H].[2H]c1c(O)c([2H])c2oc(C(C)O)c(C(=O)c3cc(Cl)c(C)c(I)c3)c2c1[2H].[2H]c1c(O)c([2H])c2oc(C(C)O)c(C(=O)c3cc(F)c(C)c(Br)c3)c2c1[2H].[2H]c1c([2H])c([2H])c2c(C(=O)c3cc(Br)c(C)c(C(F)(F)F)c3)c(C(C)O)oc2c1[2H].[2H]c1c([2H])c([2H])c2c(C(=O)c3cc(Cl)c(C)c(I)c3)c(C(C)O)oc2c1[2H]. The Morgan fingerprint density at radius 2 is 0.605 bits per heavy atom. The van der Waals surface area contributed by atoms with Gasteiger partial charge in [-0.3, -0.25) is 24.0 Å². The van der Waals surface area contributed by atoms with Gasteiger partial charge in [0.25, 0.3) is 0 Å². The Bertz CT molecular complexity index is 7160. The molecular weight excluding hydrogens is 2090 g/mol. The van der Waals surface area contributed by atoms with Gasteiger partial charge >= 0.3 is 12.4 Å². The molecule has 10 aromatic carbocycles. The van der Waals surface area contributed by atoms with E-state index in [4.69, 9.17) is 68.6 Å². The molecule has 15 rings (SSSR count). The highest BCUT2D eigenvalue weighted by atomic mass is 127. The lowest BCUT2D eigenvalue weighted by Crippen LogP contribution is -2.12. The number of para-hydroxylation sites is 2. The maximum absolute atomic E-state index is 14.1. The van der Waals surface area contributed by atoms with Crippen LogP contribution in [0.15, 0.2) is 199 Å². The smallest absolute Gasteiger partial charge is 0.416 e. The Morgan fingerprint density at radius 1 is 0.363 bits per heavy atom. The van der Waals surface area contributed by atoms with E-state index in [1.807, 2.05) is 36.4 Å². The summed E-state index contributed by atoms with van der Waals surface area (Å²) in [7, 11) is 0. The fourth-order valence-electron chi connectivity index (χ4n) is 12.3. The van der Waals surface area contributed by atoms with Gasteiger partial charge in [0.05, 0.1) is 62.2 Å². The number of aliphatic hydroxyl groups is 5. The van der Waals surface area contributed by atoms with Gasteiger partial charge in [0, 0.05) is 103 Å². The van der Waals surface area contributed by atoms with Crippen LogP contribution < -0.4 is 0 Å². The van der Waals surface area contributed by atoms with Gasteiger partial charge in [0.1, 0.15) is 110 Å². The van der Waals surface area contributed by atoms with Gasteiger partial charge in [0.15, 0.2) is 28.9 Å². The predicted octanol–water partition coefficient (Wildman–Crippen LogP) is 26.2. The van der Waals surface area contributed by atoms with E-state index in [-0.39, 0.29) is 137 Å². The number of furan rings is 5. The number of carbonyl (C=O) groups is 5. The van der Waals surface area contributed by atoms with Gasteiger partial charge in [0.2, 0.25) is 0 Å². The van der Waals surface area contributed by atoms with Crippen molar-refractivity contribution in [2.24, 2.45) is 0 Å². The van der Waals surface area contributed by atoms with Crippen molar-refractivity contribution in [3.63, 3.8) is 0 Å². The Labute approximate surface area is 787 Å². The Morgan fingerprint density at radius 3 is 0.863 bits per heavy atom. The standard InChI is InChI=1S/C19H14BrF3O4.C19H14BrF3O3.C18H14BrFO4.C18H14ClIO4.C18H14ClIO3/c1-8-13(19(21,22)23)5-10(6-14(8)20)17(26)16-12-4-3-11(25)7-15(12)27-18(16)9(2)24;1-9-13(19(21,22)23)7-11(8-14(9)20)17(25)16-12-5-3-4-6-15(12)26-18(16)10(2)24;2*1-8-13(19)5-10(6-14(8)20)17(23)16-12-4-3-11(22)7-15(12)24-18(16)9(2)21;1-9-13(19)7-11(8-14(9)20)17(22)16-12-5-3-4-6-15(12)23-18(16)10(2)21/h3-7,9,24-25H,1-2H3;3-8,10,24H,1-2H3;2*3-7,9,21-22H,1-2H3;3-8,10,21H,1-2H3/i3D,4D,7D;3D,4D,5D,6D;2*3D,4D,7D;3D,4D,5D,6D. The quantitative estimate of drug-likeness (QED) is 0.0269. The highest BCUT2D eigenvalue weighted by Crippen LogP contribution is 2.44. The Balaban J connectivity index is 0.000000169. The van der Waals surface area contributed by atoms with Crippen LogP contribution in [0, 0.1) is 47.6 Å². The van der Waals surface area contributed by atoms with Crippen molar-refractivity contribution >= 4 is 200 Å². The first-order valence-electron chi connectivity index (χ1n) is 44.3. The topological polar surface area (TPSA) is 313 Å². The molecule has 0 aliphatic carbocycles. The van der Waals surface area contributed by atoms with Crippen LogP contribution in [-0.2, 0) is 12.4 Å². The first kappa shape index (κ1) is 73.6. The second kappa shape index (κ2) is 38.3. The molecule has 5 unspecified atom stereocenters. The summed E-state index contributed by atoms with van der Waals surface area (Å²) in [5.74, 6) is -7.93. The molecule has 0 bridgehead atoms. The second-order valence-electron chi connectivity index (χ2n) is 27.4. The molecule has 0 radical (unpaired) electrons. The van der Waals surface area contributed by atoms with Gasteiger partial charge in [-0.2, -0.15) is 26.3 Å². The highest BCUT2D eigenvalue weighted by molar-refractivity contribution is 14.1. The first-order valence-corrected chi connectivity index (χ1v) is 41.1. The number of rotatable bonds is 15.